The van der Waals surface area contributed by atoms with Gasteiger partial charge in [0, 0.05) is 12.5 Å². The van der Waals surface area contributed by atoms with E-state index >= 15 is 0 Å². The summed E-state index contributed by atoms with van der Waals surface area (Å²) in [6, 6.07) is 0. The van der Waals surface area contributed by atoms with E-state index in [9.17, 15) is 5.11 Å². The Bertz CT molecular complexity index is 579. The van der Waals surface area contributed by atoms with Crippen LogP contribution in [-0.2, 0) is 4.84 Å². The minimum Gasteiger partial charge on any atom is -0.394 e. The number of hydrogen-bond donors (Lipinski definition) is 2. The maximum atomic E-state index is 10.6. The quantitative estimate of drug-likeness (QED) is 0.566. The van der Waals surface area contributed by atoms with E-state index in [1.807, 2.05) is 0 Å². The first-order valence-electron chi connectivity index (χ1n) is 11.5. The molecule has 0 amide bonds. The molecule has 8 atom stereocenters. The third kappa shape index (κ3) is 2.97. The van der Waals surface area contributed by atoms with Crippen LogP contribution in [0.3, 0.4) is 0 Å². The van der Waals surface area contributed by atoms with Crippen LogP contribution in [0.25, 0.3) is 0 Å². The van der Waals surface area contributed by atoms with Crippen molar-refractivity contribution < 1.29 is 9.94 Å². The van der Waals surface area contributed by atoms with Crippen molar-refractivity contribution in [1.29, 1.82) is 0 Å². The van der Waals surface area contributed by atoms with Crippen LogP contribution in [0.2, 0.25) is 0 Å². The summed E-state index contributed by atoms with van der Waals surface area (Å²) >= 11 is 0. The number of nitrogens with zero attached hydrogens (tertiary/aromatic N) is 1. The molecule has 4 rings (SSSR count). The molecule has 4 aliphatic rings. The fourth-order valence-electron chi connectivity index (χ4n) is 8.12. The summed E-state index contributed by atoms with van der Waals surface area (Å²) in [6.45, 7) is 8.36. The van der Waals surface area contributed by atoms with Crippen molar-refractivity contribution in [3.8, 4) is 0 Å². The molecule has 0 spiro atoms. The van der Waals surface area contributed by atoms with E-state index in [4.69, 9.17) is 10.6 Å². The molecule has 0 aromatic rings. The average molecular weight is 377 g/mol. The van der Waals surface area contributed by atoms with Crippen molar-refractivity contribution >= 4 is 5.71 Å². The lowest BCUT2D eigenvalue weighted by molar-refractivity contribution is -0.121. The van der Waals surface area contributed by atoms with Crippen molar-refractivity contribution in [2.45, 2.75) is 84.7 Å². The van der Waals surface area contributed by atoms with Gasteiger partial charge in [-0.1, -0.05) is 25.9 Å². The highest BCUT2D eigenvalue weighted by Crippen LogP contribution is 2.66. The standard InChI is InChI=1S/C23H40N2O2/c1-4-15-17-6-5-16-18-7-8-21(26)23(18,3)11-9-19(16)22(17,2)12-10-20(15)25-27-14-13-24/h15-19,21,26H,4-14,24H2,1-3H3/t15?,16-,17?,18-,19+,21?,22-,23-/m0/s1. The molecular weight excluding hydrogens is 336 g/mol. The predicted octanol–water partition coefficient (Wildman–Crippen LogP) is 4.36. The molecule has 3 unspecified atom stereocenters. The molecule has 4 heteroatoms. The molecule has 4 aliphatic carbocycles. The van der Waals surface area contributed by atoms with E-state index in [-0.39, 0.29) is 11.5 Å². The topological polar surface area (TPSA) is 67.8 Å². The number of aliphatic hydroxyl groups is 1. The van der Waals surface area contributed by atoms with Gasteiger partial charge >= 0.3 is 0 Å². The number of rotatable bonds is 4. The van der Waals surface area contributed by atoms with Gasteiger partial charge < -0.3 is 15.7 Å². The van der Waals surface area contributed by atoms with Gasteiger partial charge in [-0.15, -0.1) is 0 Å². The van der Waals surface area contributed by atoms with Gasteiger partial charge in [0.05, 0.1) is 11.8 Å². The highest BCUT2D eigenvalue weighted by Gasteiger charge is 2.61. The number of fused-ring (bicyclic) bond motifs is 5. The molecule has 27 heavy (non-hydrogen) atoms. The Hall–Kier alpha value is -0.610. The monoisotopic (exact) mass is 376 g/mol. The van der Waals surface area contributed by atoms with Crippen molar-refractivity contribution in [3.05, 3.63) is 0 Å². The van der Waals surface area contributed by atoms with Crippen LogP contribution in [0, 0.1) is 40.4 Å². The van der Waals surface area contributed by atoms with E-state index < -0.39 is 0 Å². The molecular formula is C23H40N2O2. The molecule has 0 aromatic carbocycles. The summed E-state index contributed by atoms with van der Waals surface area (Å²) in [5.41, 5.74) is 7.48. The van der Waals surface area contributed by atoms with Crippen LogP contribution >= 0.6 is 0 Å². The lowest BCUT2D eigenvalue weighted by Crippen LogP contribution is -2.56. The molecule has 0 heterocycles. The van der Waals surface area contributed by atoms with Gasteiger partial charge in [0.2, 0.25) is 0 Å². The largest absolute Gasteiger partial charge is 0.394 e. The van der Waals surface area contributed by atoms with Crippen LogP contribution in [-0.4, -0.2) is 30.1 Å². The maximum absolute atomic E-state index is 10.6. The average Bonchev–Trinajstić information content (AvgIpc) is 2.97. The second kappa shape index (κ2) is 7.33. The predicted molar refractivity (Wildman–Crippen MR) is 109 cm³/mol. The first-order valence-corrected chi connectivity index (χ1v) is 11.5. The van der Waals surface area contributed by atoms with E-state index in [1.54, 1.807) is 0 Å². The van der Waals surface area contributed by atoms with Crippen LogP contribution in [0.5, 0.6) is 0 Å². The molecule has 4 fully saturated rings. The molecule has 0 bridgehead atoms. The molecule has 0 saturated heterocycles. The number of hydrogen-bond acceptors (Lipinski definition) is 4. The zero-order chi connectivity index (χ0) is 19.2. The summed E-state index contributed by atoms with van der Waals surface area (Å²) in [4.78, 5) is 5.49. The summed E-state index contributed by atoms with van der Waals surface area (Å²) in [5, 5.41) is 15.2. The summed E-state index contributed by atoms with van der Waals surface area (Å²) < 4.78 is 0. The zero-order valence-corrected chi connectivity index (χ0v) is 17.6. The highest BCUT2D eigenvalue weighted by molar-refractivity contribution is 5.87. The molecule has 4 saturated carbocycles. The fourth-order valence-corrected chi connectivity index (χ4v) is 8.12. The Balaban J connectivity index is 1.57. The van der Waals surface area contributed by atoms with Crippen LogP contribution < -0.4 is 5.73 Å². The van der Waals surface area contributed by atoms with Gasteiger partial charge in [0.1, 0.15) is 6.61 Å². The second-order valence-electron chi connectivity index (χ2n) is 10.4. The van der Waals surface area contributed by atoms with E-state index in [1.165, 1.54) is 50.7 Å². The van der Waals surface area contributed by atoms with Crippen molar-refractivity contribution in [3.63, 3.8) is 0 Å². The van der Waals surface area contributed by atoms with Crippen molar-refractivity contribution in [2.24, 2.45) is 51.3 Å². The molecule has 154 valence electrons. The fraction of sp³-hybridized carbons (Fsp3) is 0.957. The first kappa shape index (κ1) is 19.7. The summed E-state index contributed by atoms with van der Waals surface area (Å²) in [7, 11) is 0. The van der Waals surface area contributed by atoms with Gasteiger partial charge in [-0.05, 0) is 92.3 Å². The second-order valence-corrected chi connectivity index (χ2v) is 10.4. The molecule has 0 radical (unpaired) electrons. The van der Waals surface area contributed by atoms with Crippen LogP contribution in [0.1, 0.15) is 78.6 Å². The highest BCUT2D eigenvalue weighted by atomic mass is 16.6. The number of aliphatic hydroxyl groups excluding tert-OH is 1. The minimum absolute atomic E-state index is 0.0674. The Labute approximate surface area is 165 Å². The molecule has 0 aliphatic heterocycles. The van der Waals surface area contributed by atoms with Gasteiger partial charge in [0.15, 0.2) is 0 Å². The van der Waals surface area contributed by atoms with Crippen molar-refractivity contribution in [2.75, 3.05) is 13.2 Å². The smallest absolute Gasteiger partial charge is 0.129 e. The van der Waals surface area contributed by atoms with Crippen LogP contribution in [0.4, 0.5) is 0 Å². The third-order valence-electron chi connectivity index (χ3n) is 9.56. The molecule has 3 N–H and O–H groups in total. The third-order valence-corrected chi connectivity index (χ3v) is 9.56. The number of oxime groups is 1. The zero-order valence-electron chi connectivity index (χ0n) is 17.6. The number of nitrogens with two attached hydrogens (primary N) is 1. The summed E-state index contributed by atoms with van der Waals surface area (Å²) in [5.74, 6) is 3.72. The Morgan fingerprint density at radius 3 is 2.52 bits per heavy atom. The molecule has 4 nitrogen and oxygen atoms in total. The van der Waals surface area contributed by atoms with Gasteiger partial charge in [-0.25, -0.2) is 0 Å². The lowest BCUT2D eigenvalue weighted by atomic mass is 9.43. The Morgan fingerprint density at radius 1 is 1.04 bits per heavy atom. The van der Waals surface area contributed by atoms with Crippen molar-refractivity contribution in [1.82, 2.24) is 0 Å². The normalized spacial score (nSPS) is 50.8. The SMILES string of the molecule is CCC1C(=NOCCN)CC[C@@]2(C)C1CC[C@@H]1[C@H]2CC[C@]2(C)C(O)CC[C@@H]12. The maximum Gasteiger partial charge on any atom is 0.129 e. The first-order chi connectivity index (χ1) is 13.0. The van der Waals surface area contributed by atoms with Gasteiger partial charge in [0.25, 0.3) is 0 Å². The molecule has 0 aromatic heterocycles. The summed E-state index contributed by atoms with van der Waals surface area (Å²) in [6.07, 6.45) is 10.9. The Morgan fingerprint density at radius 2 is 1.78 bits per heavy atom. The Kier molecular flexibility index (Phi) is 5.35. The van der Waals surface area contributed by atoms with E-state index in [0.717, 1.165) is 36.5 Å². The van der Waals surface area contributed by atoms with Gasteiger partial charge in [-0.2, -0.15) is 0 Å². The lowest BCUT2D eigenvalue weighted by Gasteiger charge is -2.61. The van der Waals surface area contributed by atoms with E-state index in [2.05, 4.69) is 25.9 Å². The van der Waals surface area contributed by atoms with E-state index in [0.29, 0.717) is 24.5 Å². The minimum atomic E-state index is -0.0674. The van der Waals surface area contributed by atoms with Gasteiger partial charge in [-0.3, -0.25) is 0 Å². The van der Waals surface area contributed by atoms with Crippen LogP contribution in [0.15, 0.2) is 5.16 Å².